The van der Waals surface area contributed by atoms with Gasteiger partial charge in [-0.3, -0.25) is 0 Å². The molecule has 88 valence electrons. The molecular formula is C13H19NO2. The molecular weight excluding hydrogens is 202 g/mol. The van der Waals surface area contributed by atoms with Gasteiger partial charge < -0.3 is 15.9 Å². The smallest absolute Gasteiger partial charge is 0.0681 e. The Morgan fingerprint density at radius 2 is 1.94 bits per heavy atom. The van der Waals surface area contributed by atoms with Crippen molar-refractivity contribution < 1.29 is 10.2 Å². The van der Waals surface area contributed by atoms with Crippen LogP contribution in [-0.4, -0.2) is 22.4 Å². The molecule has 0 radical (unpaired) electrons. The van der Waals surface area contributed by atoms with E-state index in [-0.39, 0.29) is 18.8 Å². The van der Waals surface area contributed by atoms with Crippen molar-refractivity contribution in [1.82, 2.24) is 0 Å². The zero-order chi connectivity index (χ0) is 11.6. The molecule has 3 nitrogen and oxygen atoms in total. The minimum atomic E-state index is -0.389. The first-order chi connectivity index (χ1) is 7.67. The van der Waals surface area contributed by atoms with Crippen LogP contribution in [0.1, 0.15) is 36.3 Å². The molecule has 0 amide bonds. The average Bonchev–Trinajstić information content (AvgIpc) is 2.73. The summed E-state index contributed by atoms with van der Waals surface area (Å²) in [7, 11) is 0. The average molecular weight is 221 g/mol. The van der Waals surface area contributed by atoms with Gasteiger partial charge in [0.25, 0.3) is 0 Å². The largest absolute Gasteiger partial charge is 0.394 e. The Bertz CT molecular complexity index is 349. The Morgan fingerprint density at radius 1 is 1.25 bits per heavy atom. The van der Waals surface area contributed by atoms with Crippen LogP contribution in [0.25, 0.3) is 0 Å². The molecule has 1 aromatic carbocycles. The Labute approximate surface area is 95.9 Å². The summed E-state index contributed by atoms with van der Waals surface area (Å²) in [6.45, 7) is 0.153. The highest BCUT2D eigenvalue weighted by atomic mass is 16.3. The van der Waals surface area contributed by atoms with Crippen LogP contribution < -0.4 is 5.73 Å². The summed E-state index contributed by atoms with van der Waals surface area (Å²) in [5, 5.41) is 18.2. The second-order valence-electron chi connectivity index (χ2n) is 4.86. The van der Waals surface area contributed by atoms with Gasteiger partial charge in [-0.25, -0.2) is 0 Å². The molecule has 2 atom stereocenters. The van der Waals surface area contributed by atoms with Crippen molar-refractivity contribution in [2.24, 2.45) is 5.73 Å². The molecule has 1 aliphatic rings. The highest BCUT2D eigenvalue weighted by molar-refractivity contribution is 5.26. The van der Waals surface area contributed by atoms with Crippen LogP contribution in [0, 0.1) is 0 Å². The van der Waals surface area contributed by atoms with Crippen molar-refractivity contribution >= 4 is 0 Å². The minimum Gasteiger partial charge on any atom is -0.394 e. The van der Waals surface area contributed by atoms with Gasteiger partial charge in [0.05, 0.1) is 13.2 Å². The van der Waals surface area contributed by atoms with Crippen LogP contribution in [0.2, 0.25) is 0 Å². The first kappa shape index (κ1) is 11.6. The summed E-state index contributed by atoms with van der Waals surface area (Å²) in [5.41, 5.74) is 7.86. The van der Waals surface area contributed by atoms with Gasteiger partial charge in [0, 0.05) is 5.54 Å². The molecule has 16 heavy (non-hydrogen) atoms. The molecule has 1 aliphatic carbocycles. The van der Waals surface area contributed by atoms with E-state index in [9.17, 15) is 5.11 Å². The molecule has 0 heterocycles. The number of benzene rings is 1. The van der Waals surface area contributed by atoms with E-state index in [4.69, 9.17) is 10.8 Å². The van der Waals surface area contributed by atoms with Gasteiger partial charge in [-0.15, -0.1) is 0 Å². The van der Waals surface area contributed by atoms with E-state index in [1.54, 1.807) is 0 Å². The van der Waals surface area contributed by atoms with Gasteiger partial charge in [0.15, 0.2) is 0 Å². The van der Waals surface area contributed by atoms with E-state index in [0.29, 0.717) is 5.92 Å². The normalized spacial score (nSPS) is 29.6. The predicted octanol–water partition coefficient (Wildman–Crippen LogP) is 1.14. The molecule has 0 saturated heterocycles. The van der Waals surface area contributed by atoms with E-state index in [2.05, 4.69) is 12.1 Å². The second-order valence-corrected chi connectivity index (χ2v) is 4.86. The fraction of sp³-hybridized carbons (Fsp3) is 0.538. The summed E-state index contributed by atoms with van der Waals surface area (Å²) in [6.07, 6.45) is 2.77. The third-order valence-electron chi connectivity index (χ3n) is 3.59. The van der Waals surface area contributed by atoms with Gasteiger partial charge in [-0.1, -0.05) is 24.3 Å². The van der Waals surface area contributed by atoms with Crippen molar-refractivity contribution in [3.05, 3.63) is 35.4 Å². The zero-order valence-electron chi connectivity index (χ0n) is 9.39. The Morgan fingerprint density at radius 3 is 2.44 bits per heavy atom. The maximum atomic E-state index is 9.21. The van der Waals surface area contributed by atoms with E-state index in [1.807, 2.05) is 12.1 Å². The Kier molecular flexibility index (Phi) is 3.28. The third kappa shape index (κ3) is 2.26. The van der Waals surface area contributed by atoms with Crippen molar-refractivity contribution in [1.29, 1.82) is 0 Å². The molecule has 0 bridgehead atoms. The van der Waals surface area contributed by atoms with E-state index >= 15 is 0 Å². The molecule has 2 unspecified atom stereocenters. The zero-order valence-corrected chi connectivity index (χ0v) is 9.39. The van der Waals surface area contributed by atoms with Crippen LogP contribution in [0.3, 0.4) is 0 Å². The summed E-state index contributed by atoms with van der Waals surface area (Å²) in [4.78, 5) is 0. The van der Waals surface area contributed by atoms with Crippen molar-refractivity contribution in [2.45, 2.75) is 37.3 Å². The number of rotatable bonds is 3. The lowest BCUT2D eigenvalue weighted by Crippen LogP contribution is -2.40. The highest BCUT2D eigenvalue weighted by Gasteiger charge is 2.35. The monoisotopic (exact) mass is 221 g/mol. The number of hydrogen-bond acceptors (Lipinski definition) is 3. The highest BCUT2D eigenvalue weighted by Crippen LogP contribution is 2.39. The molecule has 0 aromatic heterocycles. The molecule has 2 rings (SSSR count). The number of aliphatic hydroxyl groups excluding tert-OH is 2. The fourth-order valence-electron chi connectivity index (χ4n) is 2.48. The molecule has 4 N–H and O–H groups in total. The van der Waals surface area contributed by atoms with Gasteiger partial charge in [0.2, 0.25) is 0 Å². The van der Waals surface area contributed by atoms with Crippen LogP contribution >= 0.6 is 0 Å². The lowest BCUT2D eigenvalue weighted by atomic mass is 9.93. The fourth-order valence-corrected chi connectivity index (χ4v) is 2.48. The van der Waals surface area contributed by atoms with Crippen molar-refractivity contribution in [3.8, 4) is 0 Å². The van der Waals surface area contributed by atoms with Crippen LogP contribution in [0.15, 0.2) is 24.3 Å². The lowest BCUT2D eigenvalue weighted by Gasteiger charge is -2.20. The molecule has 3 heteroatoms. The standard InChI is InChI=1S/C13H19NO2/c14-13(9-16)6-5-12(7-13)11-3-1-10(8-15)2-4-11/h1-4,12,15-16H,5-9,14H2. The van der Waals surface area contributed by atoms with E-state index in [0.717, 1.165) is 24.8 Å². The van der Waals surface area contributed by atoms with E-state index in [1.165, 1.54) is 5.56 Å². The molecule has 0 spiro atoms. The number of nitrogens with two attached hydrogens (primary N) is 1. The first-order valence-corrected chi connectivity index (χ1v) is 5.76. The summed E-state index contributed by atoms with van der Waals surface area (Å²) in [6, 6.07) is 8.01. The van der Waals surface area contributed by atoms with Gasteiger partial charge >= 0.3 is 0 Å². The minimum absolute atomic E-state index is 0.0677. The van der Waals surface area contributed by atoms with Crippen LogP contribution in [-0.2, 0) is 6.61 Å². The quantitative estimate of drug-likeness (QED) is 0.717. The maximum Gasteiger partial charge on any atom is 0.0681 e. The SMILES string of the molecule is NC1(CO)CCC(c2ccc(CO)cc2)C1. The second kappa shape index (κ2) is 4.53. The lowest BCUT2D eigenvalue weighted by molar-refractivity contribution is 0.198. The first-order valence-electron chi connectivity index (χ1n) is 5.76. The van der Waals surface area contributed by atoms with Crippen LogP contribution in [0.4, 0.5) is 0 Å². The summed E-state index contributed by atoms with van der Waals surface area (Å²) >= 11 is 0. The topological polar surface area (TPSA) is 66.5 Å². The molecule has 0 aliphatic heterocycles. The summed E-state index contributed by atoms with van der Waals surface area (Å²) < 4.78 is 0. The van der Waals surface area contributed by atoms with Gasteiger partial charge in [0.1, 0.15) is 0 Å². The Balaban J connectivity index is 2.08. The van der Waals surface area contributed by atoms with E-state index < -0.39 is 0 Å². The van der Waals surface area contributed by atoms with Gasteiger partial charge in [-0.2, -0.15) is 0 Å². The molecule has 1 saturated carbocycles. The Hall–Kier alpha value is -0.900. The summed E-state index contributed by atoms with van der Waals surface area (Å²) in [5.74, 6) is 0.449. The van der Waals surface area contributed by atoms with Crippen LogP contribution in [0.5, 0.6) is 0 Å². The van der Waals surface area contributed by atoms with Gasteiger partial charge in [-0.05, 0) is 36.3 Å². The molecule has 1 fully saturated rings. The maximum absolute atomic E-state index is 9.21. The van der Waals surface area contributed by atoms with Crippen molar-refractivity contribution in [2.75, 3.05) is 6.61 Å². The third-order valence-corrected chi connectivity index (χ3v) is 3.59. The number of aliphatic hydroxyl groups is 2. The molecule has 1 aromatic rings. The number of hydrogen-bond donors (Lipinski definition) is 3. The predicted molar refractivity (Wildman–Crippen MR) is 63.0 cm³/mol. The van der Waals surface area contributed by atoms with Crippen molar-refractivity contribution in [3.63, 3.8) is 0 Å².